The van der Waals surface area contributed by atoms with Crippen LogP contribution in [0.3, 0.4) is 0 Å². The lowest BCUT2D eigenvalue weighted by atomic mass is 10.0. The summed E-state index contributed by atoms with van der Waals surface area (Å²) in [5, 5.41) is 0. The normalized spacial score (nSPS) is 12.9. The minimum atomic E-state index is -0.00240. The number of halogens is 1. The van der Waals surface area contributed by atoms with Crippen LogP contribution in [0, 0.1) is 0 Å². The highest BCUT2D eigenvalue weighted by Gasteiger charge is 2.10. The van der Waals surface area contributed by atoms with Crippen molar-refractivity contribution in [1.29, 1.82) is 0 Å². The number of aliphatic imine (C=N–C) groups is 1. The second-order valence-electron chi connectivity index (χ2n) is 4.99. The summed E-state index contributed by atoms with van der Waals surface area (Å²) in [5.41, 5.74) is 2.44. The first-order chi connectivity index (χ1) is 7.42. The van der Waals surface area contributed by atoms with Crippen LogP contribution in [0.5, 0.6) is 0 Å². The standard InChI is InChI=1S/C14H20BrN/c1-5-6-13(16-14(2,3)4)11-7-9-12(15)10-8-11/h7-10H,5-6H2,1-4H3. The van der Waals surface area contributed by atoms with Gasteiger partial charge in [0.05, 0.1) is 5.54 Å². The zero-order chi connectivity index (χ0) is 12.2. The molecule has 0 fully saturated rings. The molecule has 0 spiro atoms. The Morgan fingerprint density at radius 2 is 1.75 bits per heavy atom. The van der Waals surface area contributed by atoms with Gasteiger partial charge in [-0.25, -0.2) is 0 Å². The second-order valence-corrected chi connectivity index (χ2v) is 5.90. The lowest BCUT2D eigenvalue weighted by Gasteiger charge is -2.16. The molecule has 0 aliphatic heterocycles. The van der Waals surface area contributed by atoms with Crippen molar-refractivity contribution in [2.45, 2.75) is 46.1 Å². The van der Waals surface area contributed by atoms with Crippen LogP contribution in [0.2, 0.25) is 0 Å². The molecule has 1 aromatic carbocycles. The average molecular weight is 282 g/mol. The molecule has 0 aromatic heterocycles. The fourth-order valence-electron chi connectivity index (χ4n) is 1.55. The zero-order valence-corrected chi connectivity index (χ0v) is 12.1. The second kappa shape index (κ2) is 5.62. The lowest BCUT2D eigenvalue weighted by Crippen LogP contribution is -2.15. The van der Waals surface area contributed by atoms with Crippen LogP contribution < -0.4 is 0 Å². The van der Waals surface area contributed by atoms with Gasteiger partial charge in [-0.15, -0.1) is 0 Å². The quantitative estimate of drug-likeness (QED) is 0.704. The topological polar surface area (TPSA) is 12.4 Å². The molecular weight excluding hydrogens is 262 g/mol. The molecule has 0 radical (unpaired) electrons. The molecule has 1 rings (SSSR count). The van der Waals surface area contributed by atoms with Crippen LogP contribution in [0.25, 0.3) is 0 Å². The summed E-state index contributed by atoms with van der Waals surface area (Å²) < 4.78 is 1.11. The molecule has 1 nitrogen and oxygen atoms in total. The summed E-state index contributed by atoms with van der Waals surface area (Å²) >= 11 is 3.46. The summed E-state index contributed by atoms with van der Waals surface area (Å²) in [6, 6.07) is 8.40. The van der Waals surface area contributed by atoms with Crippen LogP contribution in [0.1, 0.15) is 46.1 Å². The van der Waals surface area contributed by atoms with E-state index in [2.05, 4.69) is 67.9 Å². The van der Waals surface area contributed by atoms with E-state index in [1.165, 1.54) is 11.3 Å². The molecule has 88 valence electrons. The lowest BCUT2D eigenvalue weighted by molar-refractivity contribution is 0.581. The first kappa shape index (κ1) is 13.4. The molecule has 0 aliphatic carbocycles. The highest BCUT2D eigenvalue weighted by Crippen LogP contribution is 2.16. The summed E-state index contributed by atoms with van der Waals surface area (Å²) in [6.45, 7) is 8.61. The fraction of sp³-hybridized carbons (Fsp3) is 0.500. The van der Waals surface area contributed by atoms with Crippen molar-refractivity contribution in [3.05, 3.63) is 34.3 Å². The van der Waals surface area contributed by atoms with Gasteiger partial charge in [0.15, 0.2) is 0 Å². The van der Waals surface area contributed by atoms with Crippen molar-refractivity contribution in [1.82, 2.24) is 0 Å². The Labute approximate surface area is 107 Å². The monoisotopic (exact) mass is 281 g/mol. The molecule has 0 saturated heterocycles. The predicted octanol–water partition coefficient (Wildman–Crippen LogP) is 4.84. The molecule has 0 unspecified atom stereocenters. The molecule has 16 heavy (non-hydrogen) atoms. The van der Waals surface area contributed by atoms with Crippen molar-refractivity contribution in [3.63, 3.8) is 0 Å². The fourth-order valence-corrected chi connectivity index (χ4v) is 1.81. The Bertz CT molecular complexity index is 357. The van der Waals surface area contributed by atoms with Gasteiger partial charge < -0.3 is 0 Å². The Hall–Kier alpha value is -0.630. The highest BCUT2D eigenvalue weighted by atomic mass is 79.9. The molecule has 2 heteroatoms. The number of hydrogen-bond acceptors (Lipinski definition) is 1. The van der Waals surface area contributed by atoms with E-state index < -0.39 is 0 Å². The highest BCUT2D eigenvalue weighted by molar-refractivity contribution is 9.10. The van der Waals surface area contributed by atoms with Gasteiger partial charge in [0.25, 0.3) is 0 Å². The van der Waals surface area contributed by atoms with Gasteiger partial charge >= 0.3 is 0 Å². The van der Waals surface area contributed by atoms with E-state index >= 15 is 0 Å². The molecule has 0 bridgehead atoms. The van der Waals surface area contributed by atoms with Crippen LogP contribution in [-0.4, -0.2) is 11.3 Å². The van der Waals surface area contributed by atoms with Crippen molar-refractivity contribution in [2.24, 2.45) is 4.99 Å². The number of benzene rings is 1. The number of nitrogens with zero attached hydrogens (tertiary/aromatic N) is 1. The van der Waals surface area contributed by atoms with E-state index in [1.54, 1.807) is 0 Å². The van der Waals surface area contributed by atoms with Gasteiger partial charge in [-0.05, 0) is 44.9 Å². The molecule has 0 heterocycles. The Balaban J connectivity index is 3.03. The third kappa shape index (κ3) is 4.48. The van der Waals surface area contributed by atoms with E-state index in [0.717, 1.165) is 17.3 Å². The van der Waals surface area contributed by atoms with Crippen LogP contribution >= 0.6 is 15.9 Å². The average Bonchev–Trinajstić information content (AvgIpc) is 2.16. The molecule has 0 atom stereocenters. The maximum atomic E-state index is 4.80. The molecule has 0 amide bonds. The van der Waals surface area contributed by atoms with Crippen LogP contribution in [0.4, 0.5) is 0 Å². The maximum absolute atomic E-state index is 4.80. The van der Waals surface area contributed by atoms with E-state index in [-0.39, 0.29) is 5.54 Å². The van der Waals surface area contributed by atoms with Crippen molar-refractivity contribution in [3.8, 4) is 0 Å². The van der Waals surface area contributed by atoms with Crippen LogP contribution in [0.15, 0.2) is 33.7 Å². The molecule has 0 aliphatic rings. The third-order valence-corrected chi connectivity index (χ3v) is 2.66. The molecular formula is C14H20BrN. The van der Waals surface area contributed by atoms with Crippen molar-refractivity contribution < 1.29 is 0 Å². The molecule has 1 aromatic rings. The maximum Gasteiger partial charge on any atom is 0.0527 e. The smallest absolute Gasteiger partial charge is 0.0527 e. The van der Waals surface area contributed by atoms with Gasteiger partial charge in [-0.3, -0.25) is 4.99 Å². The summed E-state index contributed by atoms with van der Waals surface area (Å²) in [6.07, 6.45) is 2.17. The summed E-state index contributed by atoms with van der Waals surface area (Å²) in [5.74, 6) is 0. The Morgan fingerprint density at radius 3 is 2.19 bits per heavy atom. The summed E-state index contributed by atoms with van der Waals surface area (Å²) in [7, 11) is 0. The first-order valence-corrected chi connectivity index (χ1v) is 6.56. The van der Waals surface area contributed by atoms with Crippen molar-refractivity contribution in [2.75, 3.05) is 0 Å². The number of hydrogen-bond donors (Lipinski definition) is 0. The zero-order valence-electron chi connectivity index (χ0n) is 10.5. The largest absolute Gasteiger partial charge is 0.283 e. The van der Waals surface area contributed by atoms with Crippen LogP contribution in [-0.2, 0) is 0 Å². The van der Waals surface area contributed by atoms with E-state index in [9.17, 15) is 0 Å². The minimum Gasteiger partial charge on any atom is -0.283 e. The SMILES string of the molecule is CCCC(=NC(C)(C)C)c1ccc(Br)cc1. The van der Waals surface area contributed by atoms with E-state index in [1.807, 2.05) is 0 Å². The predicted molar refractivity (Wildman–Crippen MR) is 75.3 cm³/mol. The summed E-state index contributed by atoms with van der Waals surface area (Å²) in [4.78, 5) is 4.80. The Morgan fingerprint density at radius 1 is 1.19 bits per heavy atom. The van der Waals surface area contributed by atoms with E-state index in [0.29, 0.717) is 0 Å². The number of rotatable bonds is 3. The van der Waals surface area contributed by atoms with E-state index in [4.69, 9.17) is 4.99 Å². The Kier molecular flexibility index (Phi) is 4.72. The van der Waals surface area contributed by atoms with Gasteiger partial charge in [0.2, 0.25) is 0 Å². The van der Waals surface area contributed by atoms with Gasteiger partial charge in [-0.1, -0.05) is 41.4 Å². The third-order valence-electron chi connectivity index (χ3n) is 2.13. The van der Waals surface area contributed by atoms with Crippen molar-refractivity contribution >= 4 is 21.6 Å². The van der Waals surface area contributed by atoms with Gasteiger partial charge in [-0.2, -0.15) is 0 Å². The first-order valence-electron chi connectivity index (χ1n) is 5.77. The van der Waals surface area contributed by atoms with Gasteiger partial charge in [0, 0.05) is 10.2 Å². The van der Waals surface area contributed by atoms with Gasteiger partial charge in [0.1, 0.15) is 0 Å². The molecule has 0 saturated carbocycles. The minimum absolute atomic E-state index is 0.00240. The molecule has 0 N–H and O–H groups in total.